The topological polar surface area (TPSA) is 52.7 Å². The highest BCUT2D eigenvalue weighted by Gasteiger charge is 2.33. The van der Waals surface area contributed by atoms with Gasteiger partial charge in [-0.05, 0) is 36.6 Å². The molecule has 2 aromatic rings. The van der Waals surface area contributed by atoms with Crippen molar-refractivity contribution >= 4 is 17.6 Å². The summed E-state index contributed by atoms with van der Waals surface area (Å²) >= 11 is 0. The molecule has 0 aliphatic carbocycles. The lowest BCUT2D eigenvalue weighted by atomic mass is 10.0. The van der Waals surface area contributed by atoms with Crippen molar-refractivity contribution in [2.75, 3.05) is 18.0 Å². The Labute approximate surface area is 153 Å². The molecule has 0 bridgehead atoms. The van der Waals surface area contributed by atoms with Gasteiger partial charge in [-0.25, -0.2) is 4.79 Å². The van der Waals surface area contributed by atoms with Crippen molar-refractivity contribution < 1.29 is 9.59 Å². The fraction of sp³-hybridized carbons (Fsp3) is 0.333. The number of amides is 3. The van der Waals surface area contributed by atoms with E-state index in [-0.39, 0.29) is 18.0 Å². The van der Waals surface area contributed by atoms with Crippen LogP contribution in [-0.2, 0) is 17.8 Å². The van der Waals surface area contributed by atoms with Gasteiger partial charge in [0.1, 0.15) is 0 Å². The molecule has 2 aliphatic heterocycles. The van der Waals surface area contributed by atoms with Crippen LogP contribution in [0.15, 0.2) is 48.5 Å². The summed E-state index contributed by atoms with van der Waals surface area (Å²) in [6.45, 7) is 3.89. The Kier molecular flexibility index (Phi) is 4.37. The number of benzene rings is 2. The molecule has 0 aromatic heterocycles. The molecule has 0 radical (unpaired) electrons. The van der Waals surface area contributed by atoms with Gasteiger partial charge in [0.15, 0.2) is 0 Å². The Bertz CT molecular complexity index is 831. The van der Waals surface area contributed by atoms with Gasteiger partial charge < -0.3 is 15.1 Å². The molecule has 1 fully saturated rings. The van der Waals surface area contributed by atoms with Crippen LogP contribution in [0.5, 0.6) is 0 Å². The molecule has 0 unspecified atom stereocenters. The zero-order valence-electron chi connectivity index (χ0n) is 14.9. The van der Waals surface area contributed by atoms with E-state index < -0.39 is 0 Å². The van der Waals surface area contributed by atoms with Crippen molar-refractivity contribution in [2.24, 2.45) is 0 Å². The molecular formula is C21H23N3O2. The summed E-state index contributed by atoms with van der Waals surface area (Å²) in [6, 6.07) is 15.9. The molecule has 1 atom stereocenters. The fourth-order valence-electron chi connectivity index (χ4n) is 3.71. The molecule has 2 aromatic carbocycles. The third-order valence-electron chi connectivity index (χ3n) is 5.22. The first kappa shape index (κ1) is 16.6. The van der Waals surface area contributed by atoms with Crippen LogP contribution in [0.25, 0.3) is 0 Å². The Balaban J connectivity index is 1.38. The molecule has 4 rings (SSSR count). The molecule has 0 spiro atoms. The summed E-state index contributed by atoms with van der Waals surface area (Å²) in [5, 5.41) is 3.05. The monoisotopic (exact) mass is 349 g/mol. The van der Waals surface area contributed by atoms with E-state index in [2.05, 4.69) is 17.4 Å². The predicted octanol–water partition coefficient (Wildman–Crippen LogP) is 2.87. The highest BCUT2D eigenvalue weighted by molar-refractivity contribution is 5.96. The molecule has 0 saturated carbocycles. The van der Waals surface area contributed by atoms with Crippen LogP contribution in [0.1, 0.15) is 23.1 Å². The van der Waals surface area contributed by atoms with Gasteiger partial charge in [-0.2, -0.15) is 0 Å². The lowest BCUT2D eigenvalue weighted by Crippen LogP contribution is -2.47. The lowest BCUT2D eigenvalue weighted by molar-refractivity contribution is -0.117. The maximum absolute atomic E-state index is 12.6. The number of urea groups is 1. The number of carbonyl (C=O) groups excluding carboxylic acids is 2. The number of carbonyl (C=O) groups is 2. The molecule has 2 aliphatic rings. The van der Waals surface area contributed by atoms with Gasteiger partial charge in [-0.1, -0.05) is 42.0 Å². The Hall–Kier alpha value is -2.82. The second-order valence-corrected chi connectivity index (χ2v) is 7.13. The standard InChI is InChI=1S/C21H23N3O2/c1-15-6-8-19(9-7-15)24-14-18(12-20(24)25)22-21(26)23-11-10-16-4-2-3-5-17(16)13-23/h2-9,18H,10-14H2,1H3,(H,22,26)/t18-/m1/s1. The van der Waals surface area contributed by atoms with Crippen molar-refractivity contribution in [3.63, 3.8) is 0 Å². The third-order valence-corrected chi connectivity index (χ3v) is 5.22. The van der Waals surface area contributed by atoms with Crippen LogP contribution in [0.2, 0.25) is 0 Å². The fourth-order valence-corrected chi connectivity index (χ4v) is 3.71. The first-order valence-corrected chi connectivity index (χ1v) is 9.09. The quantitative estimate of drug-likeness (QED) is 0.906. The molecule has 3 amide bonds. The number of fused-ring (bicyclic) bond motifs is 1. The molecule has 134 valence electrons. The Morgan fingerprint density at radius 1 is 1.08 bits per heavy atom. The van der Waals surface area contributed by atoms with Gasteiger partial charge in [-0.15, -0.1) is 0 Å². The highest BCUT2D eigenvalue weighted by Crippen LogP contribution is 2.23. The van der Waals surface area contributed by atoms with Gasteiger partial charge in [-0.3, -0.25) is 4.79 Å². The minimum absolute atomic E-state index is 0.0585. The second kappa shape index (κ2) is 6.83. The molecular weight excluding hydrogens is 326 g/mol. The van der Waals surface area contributed by atoms with Crippen molar-refractivity contribution in [2.45, 2.75) is 32.4 Å². The zero-order chi connectivity index (χ0) is 18.1. The van der Waals surface area contributed by atoms with Crippen LogP contribution in [0.3, 0.4) is 0 Å². The Morgan fingerprint density at radius 3 is 2.58 bits per heavy atom. The van der Waals surface area contributed by atoms with E-state index >= 15 is 0 Å². The first-order valence-electron chi connectivity index (χ1n) is 9.09. The number of rotatable bonds is 2. The van der Waals surface area contributed by atoms with E-state index in [1.165, 1.54) is 11.1 Å². The van der Waals surface area contributed by atoms with Gasteiger partial charge in [0.2, 0.25) is 5.91 Å². The summed E-state index contributed by atoms with van der Waals surface area (Å²) in [5.74, 6) is 0.0585. The van der Waals surface area contributed by atoms with Crippen molar-refractivity contribution in [1.29, 1.82) is 0 Å². The minimum Gasteiger partial charge on any atom is -0.333 e. The Morgan fingerprint density at radius 2 is 1.81 bits per heavy atom. The normalized spacial score (nSPS) is 19.4. The van der Waals surface area contributed by atoms with Crippen LogP contribution in [0, 0.1) is 6.92 Å². The highest BCUT2D eigenvalue weighted by atomic mass is 16.2. The maximum atomic E-state index is 12.6. The number of aryl methyl sites for hydroxylation is 1. The van der Waals surface area contributed by atoms with Crippen molar-refractivity contribution in [3.8, 4) is 0 Å². The molecule has 2 heterocycles. The van der Waals surface area contributed by atoms with Crippen LogP contribution in [-0.4, -0.2) is 36.0 Å². The summed E-state index contributed by atoms with van der Waals surface area (Å²) in [5.41, 5.74) is 4.58. The second-order valence-electron chi connectivity index (χ2n) is 7.13. The number of anilines is 1. The van der Waals surface area contributed by atoms with Crippen LogP contribution < -0.4 is 10.2 Å². The molecule has 5 heteroatoms. The molecule has 1 N–H and O–H groups in total. The summed E-state index contributed by atoms with van der Waals surface area (Å²) < 4.78 is 0. The molecule has 5 nitrogen and oxygen atoms in total. The lowest BCUT2D eigenvalue weighted by Gasteiger charge is -2.30. The van der Waals surface area contributed by atoms with Crippen molar-refractivity contribution in [1.82, 2.24) is 10.2 Å². The number of nitrogens with zero attached hydrogens (tertiary/aromatic N) is 2. The minimum atomic E-state index is -0.145. The number of nitrogens with one attached hydrogen (secondary N) is 1. The average molecular weight is 349 g/mol. The molecule has 1 saturated heterocycles. The van der Waals surface area contributed by atoms with Crippen LogP contribution in [0.4, 0.5) is 10.5 Å². The SMILES string of the molecule is Cc1ccc(N2C[C@H](NC(=O)N3CCc4ccccc4C3)CC2=O)cc1. The summed E-state index contributed by atoms with van der Waals surface area (Å²) in [4.78, 5) is 28.6. The summed E-state index contributed by atoms with van der Waals surface area (Å²) in [7, 11) is 0. The van der Waals surface area contributed by atoms with Crippen molar-refractivity contribution in [3.05, 3.63) is 65.2 Å². The summed E-state index contributed by atoms with van der Waals surface area (Å²) in [6.07, 6.45) is 1.23. The van der Waals surface area contributed by atoms with E-state index in [9.17, 15) is 9.59 Å². The molecule has 26 heavy (non-hydrogen) atoms. The van der Waals surface area contributed by atoms with Gasteiger partial charge in [0.25, 0.3) is 0 Å². The predicted molar refractivity (Wildman–Crippen MR) is 101 cm³/mol. The largest absolute Gasteiger partial charge is 0.333 e. The average Bonchev–Trinajstić information content (AvgIpc) is 3.02. The van der Waals surface area contributed by atoms with Gasteiger partial charge in [0.05, 0.1) is 6.04 Å². The van der Waals surface area contributed by atoms with Gasteiger partial charge in [0, 0.05) is 31.7 Å². The maximum Gasteiger partial charge on any atom is 0.318 e. The third kappa shape index (κ3) is 3.29. The van der Waals surface area contributed by atoms with Crippen LogP contribution >= 0.6 is 0 Å². The van der Waals surface area contributed by atoms with E-state index in [1.807, 2.05) is 48.2 Å². The first-order chi connectivity index (χ1) is 12.6. The number of hydrogen-bond acceptors (Lipinski definition) is 2. The number of hydrogen-bond donors (Lipinski definition) is 1. The smallest absolute Gasteiger partial charge is 0.318 e. The van der Waals surface area contributed by atoms with E-state index in [4.69, 9.17) is 0 Å². The zero-order valence-corrected chi connectivity index (χ0v) is 14.9. The van der Waals surface area contributed by atoms with Gasteiger partial charge >= 0.3 is 6.03 Å². The van der Waals surface area contributed by atoms with E-state index in [0.717, 1.165) is 17.7 Å². The van der Waals surface area contributed by atoms with E-state index in [1.54, 1.807) is 4.90 Å². The van der Waals surface area contributed by atoms with E-state index in [0.29, 0.717) is 26.1 Å².